The number of hydrogen-bond acceptors (Lipinski definition) is 6. The summed E-state index contributed by atoms with van der Waals surface area (Å²) in [4.78, 5) is 9.31. The summed E-state index contributed by atoms with van der Waals surface area (Å²) in [7, 11) is 0. The van der Waals surface area contributed by atoms with E-state index in [1.165, 1.54) is 5.56 Å². The summed E-state index contributed by atoms with van der Waals surface area (Å²) in [6.07, 6.45) is 0. The number of nitrogens with zero attached hydrogens (tertiary/aromatic N) is 5. The molecule has 0 aliphatic carbocycles. The van der Waals surface area contributed by atoms with E-state index in [9.17, 15) is 0 Å². The van der Waals surface area contributed by atoms with Gasteiger partial charge in [-0.1, -0.05) is 38.1 Å². The zero-order chi connectivity index (χ0) is 17.9. The van der Waals surface area contributed by atoms with Gasteiger partial charge in [-0.15, -0.1) is 0 Å². The molecule has 0 radical (unpaired) electrons. The Kier molecular flexibility index (Phi) is 5.16. The molecule has 1 saturated heterocycles. The minimum absolute atomic E-state index is 0.0818. The van der Waals surface area contributed by atoms with Crippen LogP contribution in [0.2, 0.25) is 0 Å². The first-order chi connectivity index (χ1) is 11.9. The van der Waals surface area contributed by atoms with Gasteiger partial charge >= 0.3 is 0 Å². The van der Waals surface area contributed by atoms with Gasteiger partial charge in [-0.25, -0.2) is 0 Å². The average molecular weight is 339 g/mol. The van der Waals surface area contributed by atoms with E-state index >= 15 is 0 Å². The fourth-order valence-electron chi connectivity index (χ4n) is 2.86. The van der Waals surface area contributed by atoms with Crippen molar-refractivity contribution in [3.8, 4) is 6.07 Å². The van der Waals surface area contributed by atoms with Crippen LogP contribution in [0.4, 0.5) is 0 Å². The lowest BCUT2D eigenvalue weighted by Gasteiger charge is -2.33. The van der Waals surface area contributed by atoms with Crippen molar-refractivity contribution in [3.63, 3.8) is 0 Å². The van der Waals surface area contributed by atoms with Crippen molar-refractivity contribution in [1.82, 2.24) is 19.9 Å². The molecule has 2 aromatic rings. The van der Waals surface area contributed by atoms with Crippen LogP contribution in [-0.2, 0) is 18.5 Å². The van der Waals surface area contributed by atoms with Gasteiger partial charge in [0.25, 0.3) is 0 Å². The van der Waals surface area contributed by atoms with Crippen LogP contribution in [0.15, 0.2) is 28.8 Å². The van der Waals surface area contributed by atoms with E-state index in [1.54, 1.807) is 0 Å². The van der Waals surface area contributed by atoms with Crippen LogP contribution >= 0.6 is 0 Å². The Morgan fingerprint density at radius 3 is 2.16 bits per heavy atom. The number of piperazine rings is 1. The summed E-state index contributed by atoms with van der Waals surface area (Å²) in [6.45, 7) is 11.9. The number of rotatable bonds is 4. The van der Waals surface area contributed by atoms with Gasteiger partial charge in [-0.3, -0.25) is 9.80 Å². The highest BCUT2D eigenvalue weighted by atomic mass is 16.5. The average Bonchev–Trinajstić information content (AvgIpc) is 3.06. The highest BCUT2D eigenvalue weighted by Gasteiger charge is 2.23. The summed E-state index contributed by atoms with van der Waals surface area (Å²) in [5, 5.41) is 13.0. The first kappa shape index (κ1) is 17.6. The first-order valence-electron chi connectivity index (χ1n) is 8.71. The Balaban J connectivity index is 1.48. The second-order valence-electron chi connectivity index (χ2n) is 7.62. The molecule has 25 heavy (non-hydrogen) atoms. The standard InChI is InChI=1S/C19H25N5O/c1-19(2,3)18-21-17(25-22-18)14-24-10-8-23(9-11-24)13-16-6-4-15(12-20)5-7-16/h4-7H,8-11,13-14H2,1-3H3. The van der Waals surface area contributed by atoms with E-state index in [-0.39, 0.29) is 5.41 Å². The van der Waals surface area contributed by atoms with E-state index in [0.29, 0.717) is 18.0 Å². The largest absolute Gasteiger partial charge is 0.338 e. The molecule has 0 N–H and O–H groups in total. The Labute approximate surface area is 149 Å². The van der Waals surface area contributed by atoms with Crippen LogP contribution < -0.4 is 0 Å². The maximum absolute atomic E-state index is 8.86. The molecule has 1 fully saturated rings. The first-order valence-corrected chi connectivity index (χ1v) is 8.71. The third kappa shape index (κ3) is 4.65. The van der Waals surface area contributed by atoms with Crippen molar-refractivity contribution in [2.45, 2.75) is 39.3 Å². The highest BCUT2D eigenvalue weighted by Crippen LogP contribution is 2.19. The van der Waals surface area contributed by atoms with Crippen LogP contribution in [0.5, 0.6) is 0 Å². The molecule has 1 aromatic carbocycles. The molecular formula is C19H25N5O. The molecule has 0 bridgehead atoms. The van der Waals surface area contributed by atoms with Crippen molar-refractivity contribution in [3.05, 3.63) is 47.1 Å². The SMILES string of the molecule is CC(C)(C)c1noc(CN2CCN(Cc3ccc(C#N)cc3)CC2)n1. The van der Waals surface area contributed by atoms with Gasteiger partial charge in [-0.2, -0.15) is 10.2 Å². The van der Waals surface area contributed by atoms with Crippen LogP contribution in [0.3, 0.4) is 0 Å². The number of benzene rings is 1. The topological polar surface area (TPSA) is 69.2 Å². The molecule has 6 nitrogen and oxygen atoms in total. The normalized spacial score (nSPS) is 16.7. The summed E-state index contributed by atoms with van der Waals surface area (Å²) >= 11 is 0. The summed E-state index contributed by atoms with van der Waals surface area (Å²) in [5.74, 6) is 1.47. The lowest BCUT2D eigenvalue weighted by molar-refractivity contribution is 0.112. The van der Waals surface area contributed by atoms with Crippen LogP contribution in [-0.4, -0.2) is 46.1 Å². The van der Waals surface area contributed by atoms with Gasteiger partial charge in [0.05, 0.1) is 18.2 Å². The molecule has 0 amide bonds. The van der Waals surface area contributed by atoms with Gasteiger partial charge in [0.1, 0.15) is 0 Å². The van der Waals surface area contributed by atoms with E-state index in [2.05, 4.69) is 46.8 Å². The van der Waals surface area contributed by atoms with E-state index in [0.717, 1.165) is 38.5 Å². The fraction of sp³-hybridized carbons (Fsp3) is 0.526. The molecule has 0 unspecified atom stereocenters. The van der Waals surface area contributed by atoms with Gasteiger partial charge in [0, 0.05) is 38.1 Å². The predicted molar refractivity (Wildman–Crippen MR) is 94.7 cm³/mol. The van der Waals surface area contributed by atoms with Gasteiger partial charge in [-0.05, 0) is 17.7 Å². The molecule has 3 rings (SSSR count). The van der Waals surface area contributed by atoms with Crippen molar-refractivity contribution in [1.29, 1.82) is 5.26 Å². The Hall–Kier alpha value is -2.23. The maximum atomic E-state index is 8.86. The smallest absolute Gasteiger partial charge is 0.240 e. The number of hydrogen-bond donors (Lipinski definition) is 0. The zero-order valence-electron chi connectivity index (χ0n) is 15.2. The number of aromatic nitrogens is 2. The quantitative estimate of drug-likeness (QED) is 0.853. The second-order valence-corrected chi connectivity index (χ2v) is 7.62. The molecule has 1 aromatic heterocycles. The minimum Gasteiger partial charge on any atom is -0.338 e. The van der Waals surface area contributed by atoms with Crippen molar-refractivity contribution in [2.75, 3.05) is 26.2 Å². The van der Waals surface area contributed by atoms with Crippen molar-refractivity contribution >= 4 is 0 Å². The molecule has 132 valence electrons. The van der Waals surface area contributed by atoms with E-state index in [1.807, 2.05) is 24.3 Å². The predicted octanol–water partition coefficient (Wildman–Crippen LogP) is 2.56. The monoisotopic (exact) mass is 339 g/mol. The lowest BCUT2D eigenvalue weighted by atomic mass is 9.96. The van der Waals surface area contributed by atoms with Crippen molar-refractivity contribution < 1.29 is 4.52 Å². The Bertz CT molecular complexity index is 730. The van der Waals surface area contributed by atoms with E-state index < -0.39 is 0 Å². The highest BCUT2D eigenvalue weighted by molar-refractivity contribution is 5.31. The van der Waals surface area contributed by atoms with Crippen LogP contribution in [0.1, 0.15) is 43.6 Å². The molecule has 1 aliphatic heterocycles. The summed E-state index contributed by atoms with van der Waals surface area (Å²) in [6, 6.07) is 10.0. The van der Waals surface area contributed by atoms with Crippen molar-refractivity contribution in [2.24, 2.45) is 0 Å². The third-order valence-corrected chi connectivity index (χ3v) is 4.45. The molecule has 2 heterocycles. The maximum Gasteiger partial charge on any atom is 0.240 e. The van der Waals surface area contributed by atoms with Gasteiger partial charge in [0.2, 0.25) is 5.89 Å². The minimum atomic E-state index is -0.0818. The lowest BCUT2D eigenvalue weighted by Crippen LogP contribution is -2.45. The molecular weight excluding hydrogens is 314 g/mol. The Morgan fingerprint density at radius 1 is 1.04 bits per heavy atom. The van der Waals surface area contributed by atoms with Gasteiger partial charge < -0.3 is 4.52 Å². The Morgan fingerprint density at radius 2 is 1.64 bits per heavy atom. The molecule has 0 saturated carbocycles. The molecule has 0 spiro atoms. The van der Waals surface area contributed by atoms with E-state index in [4.69, 9.17) is 9.78 Å². The second kappa shape index (κ2) is 7.34. The van der Waals surface area contributed by atoms with Gasteiger partial charge in [0.15, 0.2) is 5.82 Å². The molecule has 0 atom stereocenters. The molecule has 1 aliphatic rings. The van der Waals surface area contributed by atoms with Crippen LogP contribution in [0.25, 0.3) is 0 Å². The molecule has 6 heteroatoms. The summed E-state index contributed by atoms with van der Waals surface area (Å²) < 4.78 is 5.40. The zero-order valence-corrected chi connectivity index (χ0v) is 15.2. The third-order valence-electron chi connectivity index (χ3n) is 4.45. The fourth-order valence-corrected chi connectivity index (χ4v) is 2.86. The summed E-state index contributed by atoms with van der Waals surface area (Å²) in [5.41, 5.74) is 1.88. The number of nitriles is 1. The van der Waals surface area contributed by atoms with Crippen LogP contribution in [0, 0.1) is 11.3 Å².